The first kappa shape index (κ1) is 23.0. The normalized spacial score (nSPS) is 16.4. The fraction of sp³-hybridized carbons (Fsp3) is 0.391. The van der Waals surface area contributed by atoms with Crippen LogP contribution in [0, 0.1) is 0 Å². The monoisotopic (exact) mass is 444 g/mol. The number of benzene rings is 2. The minimum absolute atomic E-state index is 0.224. The van der Waals surface area contributed by atoms with Crippen molar-refractivity contribution in [1.29, 1.82) is 0 Å². The van der Waals surface area contributed by atoms with E-state index in [1.165, 1.54) is 0 Å². The lowest BCUT2D eigenvalue weighted by Crippen LogP contribution is -2.47. The molecule has 7 nitrogen and oxygen atoms in total. The van der Waals surface area contributed by atoms with Crippen LogP contribution < -0.4 is 20.3 Å². The number of hydrogen-bond acceptors (Lipinski definition) is 6. The van der Waals surface area contributed by atoms with Crippen molar-refractivity contribution in [3.05, 3.63) is 54.1 Å². The van der Waals surface area contributed by atoms with Gasteiger partial charge >= 0.3 is 0 Å². The number of hydrazine groups is 1. The summed E-state index contributed by atoms with van der Waals surface area (Å²) in [6.45, 7) is 4.90. The standard InChI is InChI=1S/C23H28N2O5S/c1-3-28-17-10-12-18(13-11-17)30-16(2)22(26)24-25-23(27)20-8-4-5-9-21(20)31-15-19-7-6-14-29-19/h4-5,8-13,16,19H,3,6-7,14-15H2,1-2H3,(H,24,26)(H,25,27). The molecule has 1 saturated heterocycles. The molecule has 2 atom stereocenters. The van der Waals surface area contributed by atoms with E-state index in [9.17, 15) is 9.59 Å². The Balaban J connectivity index is 1.49. The molecule has 2 N–H and O–H groups in total. The van der Waals surface area contributed by atoms with E-state index in [4.69, 9.17) is 14.2 Å². The molecule has 1 aliphatic rings. The molecule has 0 bridgehead atoms. The van der Waals surface area contributed by atoms with Crippen LogP contribution in [0.25, 0.3) is 0 Å². The third-order valence-corrected chi connectivity index (χ3v) is 5.90. The summed E-state index contributed by atoms with van der Waals surface area (Å²) in [4.78, 5) is 25.8. The Morgan fingerprint density at radius 3 is 2.58 bits per heavy atom. The lowest BCUT2D eigenvalue weighted by Gasteiger charge is -2.16. The molecular formula is C23H28N2O5S. The maximum Gasteiger partial charge on any atom is 0.279 e. The molecule has 0 aromatic heterocycles. The highest BCUT2D eigenvalue weighted by Crippen LogP contribution is 2.26. The summed E-state index contributed by atoms with van der Waals surface area (Å²) in [5, 5.41) is 0. The molecule has 8 heteroatoms. The number of amides is 2. The van der Waals surface area contributed by atoms with Gasteiger partial charge in [0.25, 0.3) is 11.8 Å². The van der Waals surface area contributed by atoms with Gasteiger partial charge in [-0.1, -0.05) is 12.1 Å². The van der Waals surface area contributed by atoms with Crippen molar-refractivity contribution in [2.45, 2.75) is 43.8 Å². The number of ether oxygens (including phenoxy) is 3. The summed E-state index contributed by atoms with van der Waals surface area (Å²) in [6, 6.07) is 14.3. The molecule has 166 valence electrons. The van der Waals surface area contributed by atoms with Gasteiger partial charge in [0.05, 0.1) is 18.3 Å². The Labute approximate surface area is 186 Å². The summed E-state index contributed by atoms with van der Waals surface area (Å²) < 4.78 is 16.7. The fourth-order valence-corrected chi connectivity index (χ4v) is 4.18. The molecule has 2 aromatic carbocycles. The molecule has 0 radical (unpaired) electrons. The Kier molecular flexibility index (Phi) is 8.61. The number of rotatable bonds is 9. The highest BCUT2D eigenvalue weighted by Gasteiger charge is 2.19. The van der Waals surface area contributed by atoms with E-state index in [1.54, 1.807) is 55.1 Å². The SMILES string of the molecule is CCOc1ccc(OC(C)C(=O)NNC(=O)c2ccccc2SCC2CCCO2)cc1. The van der Waals surface area contributed by atoms with Gasteiger partial charge in [-0.2, -0.15) is 0 Å². The van der Waals surface area contributed by atoms with Crippen LogP contribution in [0.15, 0.2) is 53.4 Å². The van der Waals surface area contributed by atoms with Crippen LogP contribution in [0.4, 0.5) is 0 Å². The summed E-state index contributed by atoms with van der Waals surface area (Å²) in [5.74, 6) is 1.23. The van der Waals surface area contributed by atoms with Crippen LogP contribution in [0.3, 0.4) is 0 Å². The van der Waals surface area contributed by atoms with Gasteiger partial charge in [0.2, 0.25) is 0 Å². The van der Waals surface area contributed by atoms with Crippen molar-refractivity contribution >= 4 is 23.6 Å². The average molecular weight is 445 g/mol. The van der Waals surface area contributed by atoms with Gasteiger partial charge in [-0.15, -0.1) is 11.8 Å². The number of carbonyl (C=O) groups excluding carboxylic acids is 2. The number of hydrogen-bond donors (Lipinski definition) is 2. The number of nitrogens with one attached hydrogen (secondary N) is 2. The second-order valence-corrected chi connectivity index (χ2v) is 8.11. The van der Waals surface area contributed by atoms with Crippen molar-refractivity contribution in [3.8, 4) is 11.5 Å². The summed E-state index contributed by atoms with van der Waals surface area (Å²) in [6.07, 6.45) is 1.56. The molecule has 31 heavy (non-hydrogen) atoms. The molecule has 0 spiro atoms. The minimum atomic E-state index is -0.789. The highest BCUT2D eigenvalue weighted by atomic mass is 32.2. The molecule has 0 saturated carbocycles. The summed E-state index contributed by atoms with van der Waals surface area (Å²) in [5.41, 5.74) is 5.42. The zero-order chi connectivity index (χ0) is 22.1. The van der Waals surface area contributed by atoms with Crippen molar-refractivity contribution in [2.75, 3.05) is 19.0 Å². The molecule has 0 aliphatic carbocycles. The summed E-state index contributed by atoms with van der Waals surface area (Å²) >= 11 is 1.59. The quantitative estimate of drug-likeness (QED) is 0.454. The number of carbonyl (C=O) groups is 2. The van der Waals surface area contributed by atoms with E-state index < -0.39 is 12.0 Å². The van der Waals surface area contributed by atoms with Gasteiger partial charge < -0.3 is 14.2 Å². The molecule has 2 unspecified atom stereocenters. The molecule has 2 aromatic rings. The second kappa shape index (κ2) is 11.6. The fourth-order valence-electron chi connectivity index (χ4n) is 3.06. The molecular weight excluding hydrogens is 416 g/mol. The van der Waals surface area contributed by atoms with Crippen molar-refractivity contribution in [2.24, 2.45) is 0 Å². The minimum Gasteiger partial charge on any atom is -0.494 e. The first-order chi connectivity index (χ1) is 15.1. The largest absolute Gasteiger partial charge is 0.494 e. The third kappa shape index (κ3) is 6.90. The predicted octanol–water partition coefficient (Wildman–Crippen LogP) is 3.58. The smallest absolute Gasteiger partial charge is 0.279 e. The molecule has 1 fully saturated rings. The molecule has 1 aliphatic heterocycles. The van der Waals surface area contributed by atoms with E-state index in [0.29, 0.717) is 17.9 Å². The third-order valence-electron chi connectivity index (χ3n) is 4.70. The zero-order valence-electron chi connectivity index (χ0n) is 17.8. The zero-order valence-corrected chi connectivity index (χ0v) is 18.6. The number of thioether (sulfide) groups is 1. The van der Waals surface area contributed by atoms with Gasteiger partial charge in [0.1, 0.15) is 11.5 Å². The Bertz CT molecular complexity index is 869. The van der Waals surface area contributed by atoms with Crippen molar-refractivity contribution < 1.29 is 23.8 Å². The van der Waals surface area contributed by atoms with Gasteiger partial charge in [0, 0.05) is 17.3 Å². The van der Waals surface area contributed by atoms with Crippen LogP contribution in [0.1, 0.15) is 37.0 Å². The lowest BCUT2D eigenvalue weighted by atomic mass is 10.2. The van der Waals surface area contributed by atoms with Crippen LogP contribution >= 0.6 is 11.8 Å². The van der Waals surface area contributed by atoms with E-state index in [0.717, 1.165) is 35.8 Å². The maximum absolute atomic E-state index is 12.6. The molecule has 2 amide bonds. The second-order valence-electron chi connectivity index (χ2n) is 7.05. The van der Waals surface area contributed by atoms with Gasteiger partial charge in [-0.05, 0) is 63.1 Å². The van der Waals surface area contributed by atoms with E-state index in [2.05, 4.69) is 10.9 Å². The van der Waals surface area contributed by atoms with Crippen LogP contribution in [-0.4, -0.2) is 43.0 Å². The Morgan fingerprint density at radius 1 is 1.13 bits per heavy atom. The van der Waals surface area contributed by atoms with E-state index in [1.807, 2.05) is 19.1 Å². The Hall–Kier alpha value is -2.71. The predicted molar refractivity (Wildman–Crippen MR) is 119 cm³/mol. The topological polar surface area (TPSA) is 85.9 Å². The lowest BCUT2D eigenvalue weighted by molar-refractivity contribution is -0.128. The van der Waals surface area contributed by atoms with Crippen LogP contribution in [0.2, 0.25) is 0 Å². The maximum atomic E-state index is 12.6. The Morgan fingerprint density at radius 2 is 1.87 bits per heavy atom. The molecule has 3 rings (SSSR count). The van der Waals surface area contributed by atoms with Crippen LogP contribution in [-0.2, 0) is 9.53 Å². The first-order valence-electron chi connectivity index (χ1n) is 10.4. The van der Waals surface area contributed by atoms with Gasteiger partial charge in [0.15, 0.2) is 6.10 Å². The average Bonchev–Trinajstić information content (AvgIpc) is 3.31. The van der Waals surface area contributed by atoms with Gasteiger partial charge in [-0.25, -0.2) is 0 Å². The summed E-state index contributed by atoms with van der Waals surface area (Å²) in [7, 11) is 0. The van der Waals surface area contributed by atoms with Gasteiger partial charge in [-0.3, -0.25) is 20.4 Å². The van der Waals surface area contributed by atoms with Crippen molar-refractivity contribution in [1.82, 2.24) is 10.9 Å². The highest BCUT2D eigenvalue weighted by molar-refractivity contribution is 7.99. The van der Waals surface area contributed by atoms with Crippen molar-refractivity contribution in [3.63, 3.8) is 0 Å². The van der Waals surface area contributed by atoms with E-state index in [-0.39, 0.29) is 12.0 Å². The van der Waals surface area contributed by atoms with E-state index >= 15 is 0 Å². The first-order valence-corrected chi connectivity index (χ1v) is 11.4. The van der Waals surface area contributed by atoms with Crippen LogP contribution in [0.5, 0.6) is 11.5 Å². The molecule has 1 heterocycles.